The van der Waals surface area contributed by atoms with Crippen molar-refractivity contribution in [2.75, 3.05) is 18.4 Å². The molecule has 22 heavy (non-hydrogen) atoms. The summed E-state index contributed by atoms with van der Waals surface area (Å²) in [5.74, 6) is -0.283. The molecule has 1 saturated heterocycles. The van der Waals surface area contributed by atoms with Gasteiger partial charge in [-0.05, 0) is 18.1 Å². The second-order valence-corrected chi connectivity index (χ2v) is 6.15. The van der Waals surface area contributed by atoms with Crippen molar-refractivity contribution >= 4 is 22.5 Å². The van der Waals surface area contributed by atoms with E-state index in [2.05, 4.69) is 15.5 Å². The van der Waals surface area contributed by atoms with Crippen molar-refractivity contribution in [1.82, 2.24) is 15.1 Å². The minimum absolute atomic E-state index is 0.283. The lowest BCUT2D eigenvalue weighted by Gasteiger charge is -2.14. The van der Waals surface area contributed by atoms with Crippen LogP contribution in [0.1, 0.15) is 17.0 Å². The van der Waals surface area contributed by atoms with Gasteiger partial charge in [0.1, 0.15) is 10.8 Å². The Morgan fingerprint density at radius 2 is 2.27 bits per heavy atom. The topological polar surface area (TPSA) is 78.4 Å². The van der Waals surface area contributed by atoms with E-state index in [1.165, 1.54) is 22.3 Å². The molecule has 0 aliphatic carbocycles. The van der Waals surface area contributed by atoms with Gasteiger partial charge in [-0.25, -0.2) is 9.18 Å². The molecule has 1 aromatic carbocycles. The van der Waals surface area contributed by atoms with Crippen LogP contribution in [0.5, 0.6) is 0 Å². The van der Waals surface area contributed by atoms with Crippen LogP contribution < -0.4 is 5.32 Å². The molecule has 1 aliphatic rings. The van der Waals surface area contributed by atoms with E-state index in [4.69, 9.17) is 0 Å². The molecule has 2 amide bonds. The summed E-state index contributed by atoms with van der Waals surface area (Å²) in [6, 6.07) is 6.19. The number of benzene rings is 1. The van der Waals surface area contributed by atoms with Crippen LogP contribution in [0.2, 0.25) is 0 Å². The van der Waals surface area contributed by atoms with E-state index in [-0.39, 0.29) is 11.8 Å². The smallest absolute Gasteiger partial charge is 0.323 e. The average Bonchev–Trinajstić information content (AvgIpc) is 3.11. The Bertz CT molecular complexity index is 678. The number of urea groups is 1. The number of amides is 2. The highest BCUT2D eigenvalue weighted by Crippen LogP contribution is 2.21. The van der Waals surface area contributed by atoms with E-state index in [1.54, 1.807) is 18.2 Å². The number of β-amino-alcohol motifs (C(OH)–C–C–N with tert-alkyl or cyclic N) is 1. The molecule has 1 atom stereocenters. The lowest BCUT2D eigenvalue weighted by molar-refractivity contribution is 0.176. The van der Waals surface area contributed by atoms with Gasteiger partial charge in [0.2, 0.25) is 5.13 Å². The number of nitrogens with one attached hydrogen (secondary N) is 1. The number of aromatic nitrogens is 2. The number of nitrogens with zero attached hydrogens (tertiary/aromatic N) is 3. The summed E-state index contributed by atoms with van der Waals surface area (Å²) in [5.41, 5.74) is 0.541. The Balaban J connectivity index is 1.62. The lowest BCUT2D eigenvalue weighted by Crippen LogP contribution is -2.33. The predicted molar refractivity (Wildman–Crippen MR) is 80.3 cm³/mol. The first-order chi connectivity index (χ1) is 10.6. The Morgan fingerprint density at radius 3 is 3.00 bits per heavy atom. The van der Waals surface area contributed by atoms with Crippen molar-refractivity contribution in [3.63, 3.8) is 0 Å². The van der Waals surface area contributed by atoms with Crippen molar-refractivity contribution in [1.29, 1.82) is 0 Å². The molecular formula is C14H15FN4O2S. The van der Waals surface area contributed by atoms with Gasteiger partial charge in [-0.2, -0.15) is 0 Å². The van der Waals surface area contributed by atoms with E-state index in [0.717, 1.165) is 0 Å². The zero-order valence-corrected chi connectivity index (χ0v) is 12.5. The summed E-state index contributed by atoms with van der Waals surface area (Å²) in [6.07, 6.45) is 0.460. The van der Waals surface area contributed by atoms with Gasteiger partial charge in [0.05, 0.1) is 6.10 Å². The van der Waals surface area contributed by atoms with Gasteiger partial charge < -0.3 is 10.0 Å². The van der Waals surface area contributed by atoms with Crippen LogP contribution in [0.3, 0.4) is 0 Å². The van der Waals surface area contributed by atoms with Crippen LogP contribution in [0.4, 0.5) is 14.3 Å². The third-order valence-electron chi connectivity index (χ3n) is 3.43. The van der Waals surface area contributed by atoms with E-state index in [1.807, 2.05) is 0 Å². The van der Waals surface area contributed by atoms with Gasteiger partial charge in [-0.1, -0.05) is 29.5 Å². The molecule has 8 heteroatoms. The van der Waals surface area contributed by atoms with Crippen molar-refractivity contribution in [3.8, 4) is 0 Å². The second-order valence-electron chi connectivity index (χ2n) is 5.09. The van der Waals surface area contributed by atoms with Crippen LogP contribution in [-0.4, -0.2) is 45.4 Å². The maximum Gasteiger partial charge on any atom is 0.323 e. The van der Waals surface area contributed by atoms with E-state index < -0.39 is 6.10 Å². The van der Waals surface area contributed by atoms with Gasteiger partial charge >= 0.3 is 6.03 Å². The number of rotatable bonds is 3. The minimum atomic E-state index is -0.461. The van der Waals surface area contributed by atoms with Crippen molar-refractivity contribution in [3.05, 3.63) is 40.7 Å². The second kappa shape index (κ2) is 6.37. The quantitative estimate of drug-likeness (QED) is 0.904. The Kier molecular flexibility index (Phi) is 4.30. The molecule has 1 aliphatic heterocycles. The Morgan fingerprint density at radius 1 is 1.45 bits per heavy atom. The highest BCUT2D eigenvalue weighted by Gasteiger charge is 2.25. The fourth-order valence-corrected chi connectivity index (χ4v) is 3.03. The normalized spacial score (nSPS) is 17.7. The summed E-state index contributed by atoms with van der Waals surface area (Å²) in [7, 11) is 0. The van der Waals surface area contributed by atoms with Crippen molar-refractivity contribution in [2.24, 2.45) is 0 Å². The standard InChI is InChI=1S/C14H15FN4O2S/c15-11-4-2-1-3-9(11)7-12-17-18-13(22-12)16-14(21)19-6-5-10(20)8-19/h1-4,10,20H,5-8H2,(H,16,18,21)/t10-/m0/s1. The van der Waals surface area contributed by atoms with Gasteiger partial charge in [-0.15, -0.1) is 10.2 Å². The highest BCUT2D eigenvalue weighted by atomic mass is 32.1. The highest BCUT2D eigenvalue weighted by molar-refractivity contribution is 7.15. The van der Waals surface area contributed by atoms with Crippen LogP contribution in [0.15, 0.2) is 24.3 Å². The average molecular weight is 322 g/mol. The molecule has 0 radical (unpaired) electrons. The molecule has 2 heterocycles. The first-order valence-electron chi connectivity index (χ1n) is 6.91. The number of aliphatic hydroxyl groups excluding tert-OH is 1. The number of aliphatic hydroxyl groups is 1. The molecule has 0 unspecified atom stereocenters. The SMILES string of the molecule is O=C(Nc1nnc(Cc2ccccc2F)s1)N1CC[C@H](O)C1. The first kappa shape index (κ1) is 14.9. The first-order valence-corrected chi connectivity index (χ1v) is 7.73. The number of halogens is 1. The largest absolute Gasteiger partial charge is 0.391 e. The number of hydrogen-bond donors (Lipinski definition) is 2. The molecule has 0 spiro atoms. The molecule has 0 saturated carbocycles. The number of carbonyl (C=O) groups is 1. The van der Waals surface area contributed by atoms with Crippen molar-refractivity contribution < 1.29 is 14.3 Å². The minimum Gasteiger partial charge on any atom is -0.391 e. The van der Waals surface area contributed by atoms with Crippen LogP contribution >= 0.6 is 11.3 Å². The predicted octanol–water partition coefficient (Wildman–Crippen LogP) is 1.87. The number of carbonyl (C=O) groups excluding carboxylic acids is 1. The summed E-state index contributed by atoms with van der Waals surface area (Å²) in [4.78, 5) is 13.5. The van der Waals surface area contributed by atoms with Crippen molar-refractivity contribution in [2.45, 2.75) is 18.9 Å². The number of likely N-dealkylation sites (tertiary alicyclic amines) is 1. The molecule has 1 fully saturated rings. The fourth-order valence-electron chi connectivity index (χ4n) is 2.28. The summed E-state index contributed by atoms with van der Waals surface area (Å²) < 4.78 is 13.6. The maximum atomic E-state index is 13.6. The third-order valence-corrected chi connectivity index (χ3v) is 4.27. The maximum absolute atomic E-state index is 13.6. The number of hydrogen-bond acceptors (Lipinski definition) is 5. The molecule has 6 nitrogen and oxygen atoms in total. The molecule has 1 aromatic heterocycles. The molecule has 3 rings (SSSR count). The van der Waals surface area contributed by atoms with Crippen LogP contribution in [0, 0.1) is 5.82 Å². The fraction of sp³-hybridized carbons (Fsp3) is 0.357. The van der Waals surface area contributed by atoms with E-state index in [9.17, 15) is 14.3 Å². The summed E-state index contributed by atoms with van der Waals surface area (Å²) >= 11 is 1.21. The van der Waals surface area contributed by atoms with Gasteiger partial charge in [0.25, 0.3) is 0 Å². The van der Waals surface area contributed by atoms with E-state index >= 15 is 0 Å². The van der Waals surface area contributed by atoms with E-state index in [0.29, 0.717) is 41.6 Å². The molecule has 2 N–H and O–H groups in total. The molecule has 116 valence electrons. The van der Waals surface area contributed by atoms with Gasteiger partial charge in [-0.3, -0.25) is 5.32 Å². The molecular weight excluding hydrogens is 307 g/mol. The Hall–Kier alpha value is -2.06. The third kappa shape index (κ3) is 3.40. The van der Waals surface area contributed by atoms with Gasteiger partial charge in [0, 0.05) is 19.5 Å². The number of anilines is 1. The summed E-state index contributed by atoms with van der Waals surface area (Å²) in [6.45, 7) is 0.848. The van der Waals surface area contributed by atoms with Crippen LogP contribution in [-0.2, 0) is 6.42 Å². The zero-order chi connectivity index (χ0) is 15.5. The molecule has 2 aromatic rings. The Labute approximate surface area is 130 Å². The summed E-state index contributed by atoms with van der Waals surface area (Å²) in [5, 5.41) is 20.9. The van der Waals surface area contributed by atoms with Gasteiger partial charge in [0.15, 0.2) is 0 Å². The zero-order valence-electron chi connectivity index (χ0n) is 11.7. The monoisotopic (exact) mass is 322 g/mol. The van der Waals surface area contributed by atoms with Crippen LogP contribution in [0.25, 0.3) is 0 Å². The lowest BCUT2D eigenvalue weighted by atomic mass is 10.1. The molecule has 0 bridgehead atoms.